The Balaban J connectivity index is 2.25. The van der Waals surface area contributed by atoms with E-state index in [1.165, 1.54) is 12.8 Å². The van der Waals surface area contributed by atoms with Crippen molar-refractivity contribution in [3.8, 4) is 0 Å². The maximum Gasteiger partial charge on any atom is 0.0738 e. The number of aliphatic hydroxyl groups is 1. The standard InChI is InChI=1S/C12H19N3O/c13-11-8-14-6-5-12(11)15-7-3-1-2-4-10(15)9-16/h5-6,8,10,16H,1-4,7,9,13H2. The van der Waals surface area contributed by atoms with Crippen LogP contribution in [0.1, 0.15) is 25.7 Å². The zero-order valence-corrected chi connectivity index (χ0v) is 9.47. The van der Waals surface area contributed by atoms with Crippen LogP contribution in [-0.4, -0.2) is 29.3 Å². The Hall–Kier alpha value is -1.29. The van der Waals surface area contributed by atoms with E-state index in [0.717, 1.165) is 25.1 Å². The first-order valence-corrected chi connectivity index (χ1v) is 5.90. The second-order valence-electron chi connectivity index (χ2n) is 4.31. The summed E-state index contributed by atoms with van der Waals surface area (Å²) in [6, 6.07) is 2.13. The lowest BCUT2D eigenvalue weighted by atomic mass is 10.1. The summed E-state index contributed by atoms with van der Waals surface area (Å²) in [7, 11) is 0. The van der Waals surface area contributed by atoms with Crippen LogP contribution in [0.5, 0.6) is 0 Å². The highest BCUT2D eigenvalue weighted by Gasteiger charge is 2.21. The molecule has 0 bridgehead atoms. The highest BCUT2D eigenvalue weighted by molar-refractivity contribution is 5.66. The van der Waals surface area contributed by atoms with Crippen LogP contribution in [0.25, 0.3) is 0 Å². The monoisotopic (exact) mass is 221 g/mol. The molecule has 1 saturated heterocycles. The predicted octanol–water partition coefficient (Wildman–Crippen LogP) is 1.41. The van der Waals surface area contributed by atoms with Gasteiger partial charge in [-0.1, -0.05) is 12.8 Å². The first-order valence-electron chi connectivity index (χ1n) is 5.90. The number of hydrogen-bond donors (Lipinski definition) is 2. The van der Waals surface area contributed by atoms with Crippen molar-refractivity contribution in [1.29, 1.82) is 0 Å². The molecule has 88 valence electrons. The Morgan fingerprint density at radius 2 is 2.31 bits per heavy atom. The van der Waals surface area contributed by atoms with Crippen LogP contribution in [0.4, 0.5) is 11.4 Å². The molecule has 1 aliphatic rings. The maximum absolute atomic E-state index is 9.44. The van der Waals surface area contributed by atoms with Crippen molar-refractivity contribution < 1.29 is 5.11 Å². The number of aliphatic hydroxyl groups excluding tert-OH is 1. The molecule has 1 aromatic heterocycles. The van der Waals surface area contributed by atoms with Gasteiger partial charge in [-0.05, 0) is 18.9 Å². The van der Waals surface area contributed by atoms with Gasteiger partial charge in [-0.2, -0.15) is 0 Å². The number of nitrogen functional groups attached to an aromatic ring is 1. The summed E-state index contributed by atoms with van der Waals surface area (Å²) in [6.45, 7) is 1.17. The van der Waals surface area contributed by atoms with Gasteiger partial charge in [0.05, 0.1) is 30.2 Å². The van der Waals surface area contributed by atoms with Crippen molar-refractivity contribution in [3.05, 3.63) is 18.5 Å². The zero-order chi connectivity index (χ0) is 11.4. The third-order valence-electron chi connectivity index (χ3n) is 3.23. The molecule has 4 heteroatoms. The summed E-state index contributed by atoms with van der Waals surface area (Å²) in [6.07, 6.45) is 8.06. The number of pyridine rings is 1. The minimum absolute atomic E-state index is 0.196. The molecule has 0 aliphatic carbocycles. The first kappa shape index (κ1) is 11.2. The van der Waals surface area contributed by atoms with E-state index in [2.05, 4.69) is 9.88 Å². The van der Waals surface area contributed by atoms with Gasteiger partial charge in [-0.25, -0.2) is 0 Å². The van der Waals surface area contributed by atoms with E-state index in [1.54, 1.807) is 12.4 Å². The molecule has 4 nitrogen and oxygen atoms in total. The van der Waals surface area contributed by atoms with Gasteiger partial charge >= 0.3 is 0 Å². The van der Waals surface area contributed by atoms with E-state index >= 15 is 0 Å². The molecule has 0 spiro atoms. The largest absolute Gasteiger partial charge is 0.396 e. The number of aromatic nitrogens is 1. The fourth-order valence-corrected chi connectivity index (χ4v) is 2.35. The van der Waals surface area contributed by atoms with E-state index in [0.29, 0.717) is 5.69 Å². The van der Waals surface area contributed by atoms with Gasteiger partial charge < -0.3 is 15.7 Å². The molecule has 0 radical (unpaired) electrons. The fourth-order valence-electron chi connectivity index (χ4n) is 2.35. The molecule has 2 heterocycles. The molecule has 0 aromatic carbocycles. The van der Waals surface area contributed by atoms with Gasteiger partial charge in [0.1, 0.15) is 0 Å². The van der Waals surface area contributed by atoms with Gasteiger partial charge in [0, 0.05) is 12.7 Å². The normalized spacial score (nSPS) is 21.8. The van der Waals surface area contributed by atoms with Gasteiger partial charge in [0.2, 0.25) is 0 Å². The molecule has 16 heavy (non-hydrogen) atoms. The van der Waals surface area contributed by atoms with Crippen LogP contribution in [-0.2, 0) is 0 Å². The predicted molar refractivity (Wildman–Crippen MR) is 65.3 cm³/mol. The molecule has 3 N–H and O–H groups in total. The van der Waals surface area contributed by atoms with Crippen LogP contribution >= 0.6 is 0 Å². The van der Waals surface area contributed by atoms with Crippen LogP contribution in [0.15, 0.2) is 18.5 Å². The van der Waals surface area contributed by atoms with Crippen molar-refractivity contribution in [2.45, 2.75) is 31.7 Å². The summed E-state index contributed by atoms with van der Waals surface area (Å²) in [4.78, 5) is 6.23. The number of rotatable bonds is 2. The van der Waals surface area contributed by atoms with Gasteiger partial charge in [0.15, 0.2) is 0 Å². The minimum Gasteiger partial charge on any atom is -0.396 e. The third kappa shape index (κ3) is 2.27. The average molecular weight is 221 g/mol. The van der Waals surface area contributed by atoms with Gasteiger partial charge in [-0.3, -0.25) is 4.98 Å². The second kappa shape index (κ2) is 5.16. The zero-order valence-electron chi connectivity index (χ0n) is 9.47. The lowest BCUT2D eigenvalue weighted by Crippen LogP contribution is -2.38. The second-order valence-corrected chi connectivity index (χ2v) is 4.31. The summed E-state index contributed by atoms with van der Waals surface area (Å²) in [5.74, 6) is 0. The number of hydrogen-bond acceptors (Lipinski definition) is 4. The Morgan fingerprint density at radius 1 is 1.44 bits per heavy atom. The molecular formula is C12H19N3O. The third-order valence-corrected chi connectivity index (χ3v) is 3.23. The summed E-state index contributed by atoms with van der Waals surface area (Å²) < 4.78 is 0. The molecule has 0 amide bonds. The van der Waals surface area contributed by atoms with Crippen molar-refractivity contribution in [3.63, 3.8) is 0 Å². The lowest BCUT2D eigenvalue weighted by Gasteiger charge is -2.31. The van der Waals surface area contributed by atoms with E-state index in [-0.39, 0.29) is 12.6 Å². The Kier molecular flexibility index (Phi) is 3.62. The maximum atomic E-state index is 9.44. The SMILES string of the molecule is Nc1cnccc1N1CCCCCC1CO. The van der Waals surface area contributed by atoms with Crippen LogP contribution in [0.3, 0.4) is 0 Å². The Morgan fingerprint density at radius 3 is 3.06 bits per heavy atom. The Labute approximate surface area is 96.1 Å². The summed E-state index contributed by atoms with van der Waals surface area (Å²) in [5, 5.41) is 9.44. The van der Waals surface area contributed by atoms with E-state index in [9.17, 15) is 5.11 Å². The van der Waals surface area contributed by atoms with E-state index in [1.807, 2.05) is 6.07 Å². The average Bonchev–Trinajstić information content (AvgIpc) is 2.54. The van der Waals surface area contributed by atoms with E-state index in [4.69, 9.17) is 5.73 Å². The summed E-state index contributed by atoms with van der Waals surface area (Å²) in [5.41, 5.74) is 7.64. The molecule has 1 unspecified atom stereocenters. The van der Waals surface area contributed by atoms with E-state index < -0.39 is 0 Å². The molecular weight excluding hydrogens is 202 g/mol. The molecule has 1 aromatic rings. The molecule has 2 rings (SSSR count). The minimum atomic E-state index is 0.196. The van der Waals surface area contributed by atoms with Crippen LogP contribution in [0.2, 0.25) is 0 Å². The molecule has 0 saturated carbocycles. The number of nitrogens with two attached hydrogens (primary N) is 1. The van der Waals surface area contributed by atoms with Crippen molar-refractivity contribution in [1.82, 2.24) is 4.98 Å². The highest BCUT2D eigenvalue weighted by atomic mass is 16.3. The van der Waals surface area contributed by atoms with Crippen LogP contribution < -0.4 is 10.6 Å². The number of anilines is 2. The van der Waals surface area contributed by atoms with Gasteiger partial charge in [0.25, 0.3) is 0 Å². The lowest BCUT2D eigenvalue weighted by molar-refractivity contribution is 0.255. The van der Waals surface area contributed by atoms with Crippen molar-refractivity contribution >= 4 is 11.4 Å². The molecule has 1 fully saturated rings. The Bertz CT molecular complexity index is 343. The first-order chi connectivity index (χ1) is 7.83. The quantitative estimate of drug-likeness (QED) is 0.792. The smallest absolute Gasteiger partial charge is 0.0738 e. The topological polar surface area (TPSA) is 62.4 Å². The highest BCUT2D eigenvalue weighted by Crippen LogP contribution is 2.27. The van der Waals surface area contributed by atoms with Crippen LogP contribution in [0, 0.1) is 0 Å². The van der Waals surface area contributed by atoms with Gasteiger partial charge in [-0.15, -0.1) is 0 Å². The van der Waals surface area contributed by atoms with Crippen molar-refractivity contribution in [2.75, 3.05) is 23.8 Å². The fraction of sp³-hybridized carbons (Fsp3) is 0.583. The number of nitrogens with zero attached hydrogens (tertiary/aromatic N) is 2. The van der Waals surface area contributed by atoms with Crippen molar-refractivity contribution in [2.24, 2.45) is 0 Å². The molecule has 1 atom stereocenters. The molecule has 1 aliphatic heterocycles. The summed E-state index contributed by atoms with van der Waals surface area (Å²) >= 11 is 0.